The third-order valence-corrected chi connectivity index (χ3v) is 3.76. The van der Waals surface area contributed by atoms with Crippen molar-refractivity contribution >= 4 is 34.9 Å². The Hall–Kier alpha value is -2.73. The lowest BCUT2D eigenvalue weighted by Crippen LogP contribution is -2.30. The summed E-state index contributed by atoms with van der Waals surface area (Å²) in [6.07, 6.45) is -1.22. The summed E-state index contributed by atoms with van der Waals surface area (Å²) in [6, 6.07) is 11.5. The summed E-state index contributed by atoms with van der Waals surface area (Å²) < 4.78 is 17.8. The minimum absolute atomic E-state index is 0.0350. The molecule has 136 valence electrons. The van der Waals surface area contributed by atoms with Gasteiger partial charge in [-0.05, 0) is 55.5 Å². The second-order valence-corrected chi connectivity index (χ2v) is 5.99. The topological polar surface area (TPSA) is 72.5 Å². The predicted octanol–water partition coefficient (Wildman–Crippen LogP) is 4.01. The first-order chi connectivity index (χ1) is 12.3. The Bertz CT molecular complexity index is 790. The van der Waals surface area contributed by atoms with E-state index >= 15 is 0 Å². The number of Topliss-reactive ketones (excluding diaryl/α,β-unsaturated/α-hetero) is 1. The SMILES string of the molecule is CC(OC(=O)CCC(=O)c1ccc(Cl)cc1)C(=O)Nc1ccc(F)cc1. The van der Waals surface area contributed by atoms with Crippen LogP contribution in [0.1, 0.15) is 30.1 Å². The zero-order chi connectivity index (χ0) is 19.1. The largest absolute Gasteiger partial charge is 0.453 e. The maximum absolute atomic E-state index is 12.8. The number of amides is 1. The molecule has 2 aromatic rings. The Kier molecular flexibility index (Phi) is 6.86. The molecule has 0 aliphatic carbocycles. The number of esters is 1. The van der Waals surface area contributed by atoms with E-state index in [9.17, 15) is 18.8 Å². The van der Waals surface area contributed by atoms with Gasteiger partial charge < -0.3 is 10.1 Å². The molecule has 2 aromatic carbocycles. The van der Waals surface area contributed by atoms with E-state index in [1.165, 1.54) is 31.2 Å². The van der Waals surface area contributed by atoms with Gasteiger partial charge >= 0.3 is 5.97 Å². The van der Waals surface area contributed by atoms with E-state index in [1.807, 2.05) is 0 Å². The Morgan fingerprint density at radius 3 is 2.27 bits per heavy atom. The molecule has 0 bridgehead atoms. The minimum atomic E-state index is -1.04. The van der Waals surface area contributed by atoms with Gasteiger partial charge in [0.05, 0.1) is 6.42 Å². The molecule has 5 nitrogen and oxygen atoms in total. The first-order valence-corrected chi connectivity index (χ1v) is 8.27. The van der Waals surface area contributed by atoms with Crippen molar-refractivity contribution in [1.29, 1.82) is 0 Å². The summed E-state index contributed by atoms with van der Waals surface area (Å²) in [7, 11) is 0. The average Bonchev–Trinajstić information content (AvgIpc) is 2.62. The van der Waals surface area contributed by atoms with Gasteiger partial charge in [-0.15, -0.1) is 0 Å². The van der Waals surface area contributed by atoms with Crippen molar-refractivity contribution in [1.82, 2.24) is 0 Å². The van der Waals surface area contributed by atoms with Crippen molar-refractivity contribution in [3.8, 4) is 0 Å². The van der Waals surface area contributed by atoms with E-state index in [2.05, 4.69) is 5.32 Å². The summed E-state index contributed by atoms with van der Waals surface area (Å²) in [5.41, 5.74) is 0.835. The fourth-order valence-electron chi connectivity index (χ4n) is 2.08. The summed E-state index contributed by atoms with van der Waals surface area (Å²) in [4.78, 5) is 35.8. The number of benzene rings is 2. The normalized spacial score (nSPS) is 11.5. The molecule has 0 radical (unpaired) electrons. The van der Waals surface area contributed by atoms with Crippen LogP contribution in [-0.4, -0.2) is 23.8 Å². The zero-order valence-electron chi connectivity index (χ0n) is 14.0. The molecule has 2 rings (SSSR count). The highest BCUT2D eigenvalue weighted by Gasteiger charge is 2.19. The fraction of sp³-hybridized carbons (Fsp3) is 0.211. The van der Waals surface area contributed by atoms with Crippen molar-refractivity contribution in [2.45, 2.75) is 25.9 Å². The van der Waals surface area contributed by atoms with Crippen LogP contribution in [-0.2, 0) is 14.3 Å². The van der Waals surface area contributed by atoms with Crippen LogP contribution in [0.3, 0.4) is 0 Å². The third kappa shape index (κ3) is 5.97. The van der Waals surface area contributed by atoms with Crippen LogP contribution < -0.4 is 5.32 Å². The highest BCUT2D eigenvalue weighted by Crippen LogP contribution is 2.13. The monoisotopic (exact) mass is 377 g/mol. The Balaban J connectivity index is 1.79. The number of nitrogens with one attached hydrogen (secondary N) is 1. The predicted molar refractivity (Wildman–Crippen MR) is 95.6 cm³/mol. The number of ether oxygens (including phenoxy) is 1. The standard InChI is InChI=1S/C19H17ClFNO4/c1-12(19(25)22-16-8-6-15(21)7-9-16)26-18(24)11-10-17(23)13-2-4-14(20)5-3-13/h2-9,12H,10-11H2,1H3,(H,22,25). The van der Waals surface area contributed by atoms with Crippen molar-refractivity contribution in [2.24, 2.45) is 0 Å². The zero-order valence-corrected chi connectivity index (χ0v) is 14.8. The Labute approximate surface area is 155 Å². The van der Waals surface area contributed by atoms with Crippen LogP contribution in [0.25, 0.3) is 0 Å². The van der Waals surface area contributed by atoms with Crippen LogP contribution in [0.2, 0.25) is 5.02 Å². The summed E-state index contributed by atoms with van der Waals surface area (Å²) in [5, 5.41) is 3.02. The minimum Gasteiger partial charge on any atom is -0.453 e. The van der Waals surface area contributed by atoms with Gasteiger partial charge in [-0.2, -0.15) is 0 Å². The van der Waals surface area contributed by atoms with E-state index < -0.39 is 23.8 Å². The van der Waals surface area contributed by atoms with Gasteiger partial charge in [-0.1, -0.05) is 11.6 Å². The lowest BCUT2D eigenvalue weighted by molar-refractivity contribution is -0.153. The fourth-order valence-corrected chi connectivity index (χ4v) is 2.21. The molecule has 0 spiro atoms. The van der Waals surface area contributed by atoms with Crippen LogP contribution in [0, 0.1) is 5.82 Å². The van der Waals surface area contributed by atoms with Gasteiger partial charge in [0.2, 0.25) is 0 Å². The molecule has 0 aliphatic rings. The molecule has 0 fully saturated rings. The number of halogens is 2. The second kappa shape index (κ2) is 9.10. The number of hydrogen-bond acceptors (Lipinski definition) is 4. The molecule has 1 amide bonds. The Morgan fingerprint density at radius 2 is 1.65 bits per heavy atom. The van der Waals surface area contributed by atoms with Crippen molar-refractivity contribution < 1.29 is 23.5 Å². The second-order valence-electron chi connectivity index (χ2n) is 5.56. The summed E-state index contributed by atoms with van der Waals surface area (Å²) in [5.74, 6) is -1.85. The lowest BCUT2D eigenvalue weighted by atomic mass is 10.1. The van der Waals surface area contributed by atoms with Gasteiger partial charge in [0.15, 0.2) is 11.9 Å². The van der Waals surface area contributed by atoms with E-state index in [0.717, 1.165) is 0 Å². The van der Waals surface area contributed by atoms with E-state index in [1.54, 1.807) is 24.3 Å². The molecule has 0 aliphatic heterocycles. The van der Waals surface area contributed by atoms with Crippen LogP contribution >= 0.6 is 11.6 Å². The maximum atomic E-state index is 12.8. The van der Waals surface area contributed by atoms with Crippen LogP contribution in [0.5, 0.6) is 0 Å². The van der Waals surface area contributed by atoms with E-state index in [0.29, 0.717) is 16.3 Å². The number of carbonyl (C=O) groups excluding carboxylic acids is 3. The number of carbonyl (C=O) groups is 3. The van der Waals surface area contributed by atoms with Gasteiger partial charge in [0.25, 0.3) is 5.91 Å². The van der Waals surface area contributed by atoms with E-state index in [-0.39, 0.29) is 18.6 Å². The Morgan fingerprint density at radius 1 is 1.04 bits per heavy atom. The smallest absolute Gasteiger partial charge is 0.307 e. The molecule has 1 atom stereocenters. The average molecular weight is 378 g/mol. The number of rotatable bonds is 7. The van der Waals surface area contributed by atoms with Crippen molar-refractivity contribution in [3.63, 3.8) is 0 Å². The number of ketones is 1. The molecule has 1 unspecified atom stereocenters. The molecule has 0 saturated heterocycles. The molecule has 0 heterocycles. The van der Waals surface area contributed by atoms with Gasteiger partial charge in [-0.3, -0.25) is 14.4 Å². The maximum Gasteiger partial charge on any atom is 0.307 e. The van der Waals surface area contributed by atoms with Gasteiger partial charge in [-0.25, -0.2) is 4.39 Å². The van der Waals surface area contributed by atoms with Gasteiger partial charge in [0, 0.05) is 22.7 Å². The highest BCUT2D eigenvalue weighted by molar-refractivity contribution is 6.30. The van der Waals surface area contributed by atoms with Crippen molar-refractivity contribution in [3.05, 3.63) is 64.9 Å². The molecule has 1 N–H and O–H groups in total. The highest BCUT2D eigenvalue weighted by atomic mass is 35.5. The summed E-state index contributed by atoms with van der Waals surface area (Å²) in [6.45, 7) is 1.41. The third-order valence-electron chi connectivity index (χ3n) is 3.51. The quantitative estimate of drug-likeness (QED) is 0.584. The summed E-state index contributed by atoms with van der Waals surface area (Å²) >= 11 is 5.75. The molecule has 0 saturated carbocycles. The number of hydrogen-bond donors (Lipinski definition) is 1. The molecule has 26 heavy (non-hydrogen) atoms. The molecular formula is C19H17ClFNO4. The molecule has 7 heteroatoms. The van der Waals surface area contributed by atoms with Crippen LogP contribution in [0.15, 0.2) is 48.5 Å². The van der Waals surface area contributed by atoms with Crippen molar-refractivity contribution in [2.75, 3.05) is 5.32 Å². The van der Waals surface area contributed by atoms with E-state index in [4.69, 9.17) is 16.3 Å². The first kappa shape index (κ1) is 19.6. The lowest BCUT2D eigenvalue weighted by Gasteiger charge is -2.13. The number of anilines is 1. The molecule has 0 aromatic heterocycles. The molecular weight excluding hydrogens is 361 g/mol. The van der Waals surface area contributed by atoms with Gasteiger partial charge in [0.1, 0.15) is 5.82 Å². The first-order valence-electron chi connectivity index (χ1n) is 7.90. The van der Waals surface area contributed by atoms with Crippen LogP contribution in [0.4, 0.5) is 10.1 Å².